The van der Waals surface area contributed by atoms with Gasteiger partial charge in [-0.3, -0.25) is 0 Å². The summed E-state index contributed by atoms with van der Waals surface area (Å²) in [4.78, 5) is 8.62. The highest BCUT2D eigenvalue weighted by Crippen LogP contribution is 2.34. The van der Waals surface area contributed by atoms with E-state index in [2.05, 4.69) is 9.97 Å². The molecule has 21 heavy (non-hydrogen) atoms. The van der Waals surface area contributed by atoms with Gasteiger partial charge in [0.1, 0.15) is 17.3 Å². The molecule has 0 unspecified atom stereocenters. The van der Waals surface area contributed by atoms with Gasteiger partial charge in [-0.05, 0) is 36.8 Å². The molecule has 0 spiro atoms. The highest BCUT2D eigenvalue weighted by Gasteiger charge is 2.15. The quantitative estimate of drug-likeness (QED) is 0.754. The van der Waals surface area contributed by atoms with Gasteiger partial charge in [-0.15, -0.1) is 0 Å². The van der Waals surface area contributed by atoms with Gasteiger partial charge in [0.15, 0.2) is 5.76 Å². The van der Waals surface area contributed by atoms with Gasteiger partial charge in [0, 0.05) is 5.56 Å². The number of nitrogen functional groups attached to an aromatic ring is 1. The zero-order valence-corrected chi connectivity index (χ0v) is 11.9. The molecule has 0 amide bonds. The molecule has 3 N–H and O–H groups in total. The van der Waals surface area contributed by atoms with Crippen molar-refractivity contribution >= 4 is 17.4 Å². The van der Waals surface area contributed by atoms with Crippen molar-refractivity contribution in [2.75, 3.05) is 5.73 Å². The van der Waals surface area contributed by atoms with Crippen molar-refractivity contribution in [2.45, 2.75) is 6.92 Å². The third-order valence-electron chi connectivity index (χ3n) is 2.98. The third-order valence-corrected chi connectivity index (χ3v) is 3.28. The molecule has 2 heterocycles. The van der Waals surface area contributed by atoms with E-state index >= 15 is 0 Å². The molecule has 5 nitrogen and oxygen atoms in total. The first-order chi connectivity index (χ1) is 10.0. The molecule has 1 aromatic carbocycles. The molecule has 0 saturated heterocycles. The summed E-state index contributed by atoms with van der Waals surface area (Å²) in [7, 11) is 0. The van der Waals surface area contributed by atoms with Crippen molar-refractivity contribution in [1.82, 2.24) is 9.97 Å². The fourth-order valence-electron chi connectivity index (χ4n) is 2.00. The van der Waals surface area contributed by atoms with Gasteiger partial charge in [-0.2, -0.15) is 0 Å². The van der Waals surface area contributed by atoms with Crippen LogP contribution >= 0.6 is 11.6 Å². The van der Waals surface area contributed by atoms with E-state index < -0.39 is 0 Å². The van der Waals surface area contributed by atoms with E-state index in [-0.39, 0.29) is 10.8 Å². The number of nitrogens with zero attached hydrogens (tertiary/aromatic N) is 2. The van der Waals surface area contributed by atoms with Gasteiger partial charge < -0.3 is 15.3 Å². The molecule has 0 aliphatic heterocycles. The number of phenolic OH excluding ortho intramolecular Hbond substituents is 1. The number of aryl methyl sites for hydroxylation is 1. The van der Waals surface area contributed by atoms with Gasteiger partial charge in [-0.25, -0.2) is 9.97 Å². The highest BCUT2D eigenvalue weighted by molar-refractivity contribution is 6.32. The van der Waals surface area contributed by atoms with E-state index in [0.29, 0.717) is 28.5 Å². The number of rotatable bonds is 2. The summed E-state index contributed by atoms with van der Waals surface area (Å²) in [6.45, 7) is 1.92. The molecule has 0 saturated carbocycles. The van der Waals surface area contributed by atoms with Crippen molar-refractivity contribution < 1.29 is 9.52 Å². The number of hydrogen-bond donors (Lipinski definition) is 2. The number of nitrogens with two attached hydrogens (primary N) is 1. The maximum atomic E-state index is 9.52. The molecule has 6 heteroatoms. The first-order valence-corrected chi connectivity index (χ1v) is 6.59. The van der Waals surface area contributed by atoms with Crippen LogP contribution in [-0.2, 0) is 0 Å². The lowest BCUT2D eigenvalue weighted by Crippen LogP contribution is -1.97. The van der Waals surface area contributed by atoms with Crippen LogP contribution in [0, 0.1) is 6.92 Å². The standard InChI is InChI=1S/C15H12ClN3O2/c1-8-4-12(21-7-8)15-14(18-6-13(17)19-15)9-2-3-11(20)10(16)5-9/h2-7,20H,1H3,(H2,17,19). The Morgan fingerprint density at radius 1 is 1.24 bits per heavy atom. The predicted molar refractivity (Wildman–Crippen MR) is 81.0 cm³/mol. The highest BCUT2D eigenvalue weighted by atomic mass is 35.5. The SMILES string of the molecule is Cc1coc(-c2nc(N)cnc2-c2ccc(O)c(Cl)c2)c1. The summed E-state index contributed by atoms with van der Waals surface area (Å²) in [5.41, 5.74) is 8.53. The minimum atomic E-state index is 0.0132. The molecule has 0 atom stereocenters. The second-order valence-corrected chi connectivity index (χ2v) is 5.05. The lowest BCUT2D eigenvalue weighted by Gasteiger charge is -2.08. The summed E-state index contributed by atoms with van der Waals surface area (Å²) >= 11 is 5.95. The fraction of sp³-hybridized carbons (Fsp3) is 0.0667. The van der Waals surface area contributed by atoms with E-state index in [0.717, 1.165) is 5.56 Å². The molecule has 0 aliphatic carbocycles. The molecule has 0 aliphatic rings. The average Bonchev–Trinajstić information content (AvgIpc) is 2.88. The molecule has 0 radical (unpaired) electrons. The van der Waals surface area contributed by atoms with E-state index in [4.69, 9.17) is 21.8 Å². The number of furan rings is 1. The summed E-state index contributed by atoms with van der Waals surface area (Å²) < 4.78 is 5.48. The first-order valence-electron chi connectivity index (χ1n) is 6.21. The molecule has 3 aromatic rings. The maximum Gasteiger partial charge on any atom is 0.154 e. The number of aromatic hydroxyl groups is 1. The van der Waals surface area contributed by atoms with E-state index in [9.17, 15) is 5.11 Å². The Morgan fingerprint density at radius 3 is 2.71 bits per heavy atom. The Bertz CT molecular complexity index is 814. The second kappa shape index (κ2) is 5.10. The van der Waals surface area contributed by atoms with Crippen LogP contribution in [-0.4, -0.2) is 15.1 Å². The van der Waals surface area contributed by atoms with Crippen LogP contribution in [0.3, 0.4) is 0 Å². The lowest BCUT2D eigenvalue weighted by atomic mass is 10.1. The molecule has 2 aromatic heterocycles. The van der Waals surface area contributed by atoms with Crippen LogP contribution in [0.25, 0.3) is 22.7 Å². The second-order valence-electron chi connectivity index (χ2n) is 4.65. The van der Waals surface area contributed by atoms with Gasteiger partial charge in [0.05, 0.1) is 23.2 Å². The zero-order valence-electron chi connectivity index (χ0n) is 11.2. The lowest BCUT2D eigenvalue weighted by molar-refractivity contribution is 0.475. The minimum Gasteiger partial charge on any atom is -0.506 e. The van der Waals surface area contributed by atoms with Gasteiger partial charge >= 0.3 is 0 Å². The van der Waals surface area contributed by atoms with Crippen LogP contribution in [0.5, 0.6) is 5.75 Å². The Morgan fingerprint density at radius 2 is 2.05 bits per heavy atom. The van der Waals surface area contributed by atoms with Crippen LogP contribution in [0.2, 0.25) is 5.02 Å². The molecule has 0 fully saturated rings. The molecular weight excluding hydrogens is 290 g/mol. The van der Waals surface area contributed by atoms with Gasteiger partial charge in [0.25, 0.3) is 0 Å². The Kier molecular flexibility index (Phi) is 3.27. The molecule has 3 rings (SSSR count). The molecular formula is C15H12ClN3O2. The van der Waals surface area contributed by atoms with Crippen LogP contribution in [0.4, 0.5) is 5.82 Å². The first kappa shape index (κ1) is 13.5. The Balaban J connectivity index is 2.20. The van der Waals surface area contributed by atoms with Crippen molar-refractivity contribution in [3.05, 3.63) is 47.3 Å². The predicted octanol–water partition coefficient (Wildman–Crippen LogP) is 3.65. The van der Waals surface area contributed by atoms with Crippen molar-refractivity contribution in [3.8, 4) is 28.5 Å². The van der Waals surface area contributed by atoms with Crippen molar-refractivity contribution in [2.24, 2.45) is 0 Å². The van der Waals surface area contributed by atoms with Crippen LogP contribution in [0.1, 0.15) is 5.56 Å². The van der Waals surface area contributed by atoms with E-state index in [1.54, 1.807) is 18.4 Å². The van der Waals surface area contributed by atoms with Gasteiger partial charge in [-0.1, -0.05) is 11.6 Å². The van der Waals surface area contributed by atoms with Crippen molar-refractivity contribution in [3.63, 3.8) is 0 Å². The molecule has 106 valence electrons. The Labute approximate surface area is 126 Å². The largest absolute Gasteiger partial charge is 0.506 e. The third kappa shape index (κ3) is 2.55. The average molecular weight is 302 g/mol. The van der Waals surface area contributed by atoms with E-state index in [1.165, 1.54) is 12.3 Å². The number of hydrogen-bond acceptors (Lipinski definition) is 5. The topological polar surface area (TPSA) is 85.2 Å². The van der Waals surface area contributed by atoms with Gasteiger partial charge in [0.2, 0.25) is 0 Å². The van der Waals surface area contributed by atoms with Crippen molar-refractivity contribution in [1.29, 1.82) is 0 Å². The maximum absolute atomic E-state index is 9.52. The summed E-state index contributed by atoms with van der Waals surface area (Å²) in [6, 6.07) is 6.69. The normalized spacial score (nSPS) is 10.8. The monoisotopic (exact) mass is 301 g/mol. The van der Waals surface area contributed by atoms with Crippen LogP contribution in [0.15, 0.2) is 41.1 Å². The number of anilines is 1. The summed E-state index contributed by atoms with van der Waals surface area (Å²) in [5, 5.41) is 9.76. The van der Waals surface area contributed by atoms with Crippen LogP contribution < -0.4 is 5.73 Å². The fourth-order valence-corrected chi connectivity index (χ4v) is 2.18. The summed E-state index contributed by atoms with van der Waals surface area (Å²) in [5.74, 6) is 0.887. The number of aromatic nitrogens is 2. The number of benzene rings is 1. The summed E-state index contributed by atoms with van der Waals surface area (Å²) in [6.07, 6.45) is 3.10. The Hall–Kier alpha value is -2.53. The minimum absolute atomic E-state index is 0.0132. The number of phenols is 1. The van der Waals surface area contributed by atoms with E-state index in [1.807, 2.05) is 13.0 Å². The number of halogens is 1. The smallest absolute Gasteiger partial charge is 0.154 e. The zero-order chi connectivity index (χ0) is 15.0. The molecule has 0 bridgehead atoms.